The Bertz CT molecular complexity index is 1010. The highest BCUT2D eigenvalue weighted by Gasteiger charge is 2.15. The minimum Gasteiger partial charge on any atom is -0.493 e. The van der Waals surface area contributed by atoms with Gasteiger partial charge in [0.15, 0.2) is 0 Å². The van der Waals surface area contributed by atoms with Crippen molar-refractivity contribution < 1.29 is 14.3 Å². The summed E-state index contributed by atoms with van der Waals surface area (Å²) in [6, 6.07) is 14.5. The van der Waals surface area contributed by atoms with E-state index >= 15 is 0 Å². The van der Waals surface area contributed by atoms with E-state index in [4.69, 9.17) is 4.74 Å². The molecule has 0 saturated heterocycles. The van der Waals surface area contributed by atoms with Crippen molar-refractivity contribution in [2.24, 2.45) is 0 Å². The second kappa shape index (κ2) is 6.95. The van der Waals surface area contributed by atoms with Gasteiger partial charge in [-0.15, -0.1) is 0 Å². The second-order valence-corrected chi connectivity index (χ2v) is 6.30. The van der Waals surface area contributed by atoms with E-state index in [9.17, 15) is 9.59 Å². The number of H-pyrrole nitrogens is 1. The molecule has 0 atom stereocenters. The molecule has 3 aromatic rings. The Kier molecular flexibility index (Phi) is 4.33. The molecule has 1 aromatic heterocycles. The van der Waals surface area contributed by atoms with E-state index < -0.39 is 0 Å². The number of ether oxygens (including phenoxy) is 1. The number of nitrogens with zero attached hydrogens (tertiary/aromatic N) is 1. The van der Waals surface area contributed by atoms with Crippen LogP contribution in [0.25, 0.3) is 11.3 Å². The fourth-order valence-electron chi connectivity index (χ4n) is 2.97. The third kappa shape index (κ3) is 3.67. The fourth-order valence-corrected chi connectivity index (χ4v) is 2.97. The fraction of sp³-hybridized carbons (Fsp3) is 0.150. The van der Waals surface area contributed by atoms with Crippen LogP contribution in [0.3, 0.4) is 0 Å². The molecule has 2 aromatic carbocycles. The Hall–Kier alpha value is -3.61. The third-order valence-electron chi connectivity index (χ3n) is 4.27. The molecule has 0 spiro atoms. The molecule has 1 aliphatic rings. The summed E-state index contributed by atoms with van der Waals surface area (Å²) in [7, 11) is 0. The zero-order valence-electron chi connectivity index (χ0n) is 14.7. The van der Waals surface area contributed by atoms with Crippen molar-refractivity contribution in [1.29, 1.82) is 0 Å². The lowest BCUT2D eigenvalue weighted by Gasteiger charge is -2.05. The highest BCUT2D eigenvalue weighted by atomic mass is 16.5. The van der Waals surface area contributed by atoms with Crippen molar-refractivity contribution in [3.05, 3.63) is 59.8 Å². The van der Waals surface area contributed by atoms with E-state index in [1.54, 1.807) is 30.3 Å². The van der Waals surface area contributed by atoms with Crippen LogP contribution in [0.4, 0.5) is 11.4 Å². The Morgan fingerprint density at radius 1 is 1.04 bits per heavy atom. The molecule has 0 radical (unpaired) electrons. The highest BCUT2D eigenvalue weighted by Crippen LogP contribution is 2.30. The molecular formula is C20H18N4O3. The Labute approximate surface area is 155 Å². The van der Waals surface area contributed by atoms with Gasteiger partial charge in [0.25, 0.3) is 5.91 Å². The number of aromatic nitrogens is 2. The lowest BCUT2D eigenvalue weighted by molar-refractivity contribution is -0.114. The van der Waals surface area contributed by atoms with Gasteiger partial charge in [-0.1, -0.05) is 0 Å². The molecule has 7 nitrogen and oxygen atoms in total. The molecule has 27 heavy (non-hydrogen) atoms. The normalized spacial score (nSPS) is 12.2. The van der Waals surface area contributed by atoms with Crippen LogP contribution in [0.5, 0.6) is 5.75 Å². The topological polar surface area (TPSA) is 96.1 Å². The van der Waals surface area contributed by atoms with Gasteiger partial charge < -0.3 is 15.4 Å². The lowest BCUT2D eigenvalue weighted by atomic mass is 10.1. The minimum absolute atomic E-state index is 0.144. The molecular weight excluding hydrogens is 344 g/mol. The van der Waals surface area contributed by atoms with Crippen molar-refractivity contribution in [2.75, 3.05) is 17.2 Å². The maximum Gasteiger partial charge on any atom is 0.273 e. The summed E-state index contributed by atoms with van der Waals surface area (Å²) >= 11 is 0. The van der Waals surface area contributed by atoms with Crippen LogP contribution in [-0.4, -0.2) is 28.6 Å². The zero-order chi connectivity index (χ0) is 18.8. The van der Waals surface area contributed by atoms with Crippen molar-refractivity contribution in [1.82, 2.24) is 10.2 Å². The molecule has 0 unspecified atom stereocenters. The van der Waals surface area contributed by atoms with Gasteiger partial charge in [-0.3, -0.25) is 14.7 Å². The first kappa shape index (κ1) is 16.8. The molecule has 0 fully saturated rings. The highest BCUT2D eigenvalue weighted by molar-refractivity contribution is 6.03. The molecule has 136 valence electrons. The first-order valence-corrected chi connectivity index (χ1v) is 8.59. The molecule has 0 bridgehead atoms. The average molecular weight is 362 g/mol. The van der Waals surface area contributed by atoms with E-state index in [1.165, 1.54) is 6.92 Å². The molecule has 4 rings (SSSR count). The van der Waals surface area contributed by atoms with Gasteiger partial charge in [-0.2, -0.15) is 5.10 Å². The molecule has 2 heterocycles. The van der Waals surface area contributed by atoms with Gasteiger partial charge in [0.05, 0.1) is 12.3 Å². The molecule has 7 heteroatoms. The summed E-state index contributed by atoms with van der Waals surface area (Å²) in [5, 5.41) is 12.5. The number of rotatable bonds is 4. The Morgan fingerprint density at radius 2 is 1.78 bits per heavy atom. The van der Waals surface area contributed by atoms with Gasteiger partial charge in [-0.05, 0) is 54.1 Å². The summed E-state index contributed by atoms with van der Waals surface area (Å²) in [4.78, 5) is 23.5. The van der Waals surface area contributed by atoms with Crippen LogP contribution >= 0.6 is 0 Å². The van der Waals surface area contributed by atoms with E-state index in [-0.39, 0.29) is 11.8 Å². The molecule has 0 aliphatic carbocycles. The molecule has 3 N–H and O–H groups in total. The van der Waals surface area contributed by atoms with Crippen molar-refractivity contribution >= 4 is 23.2 Å². The molecule has 2 amide bonds. The number of nitrogens with one attached hydrogen (secondary N) is 3. The second-order valence-electron chi connectivity index (χ2n) is 6.30. The van der Waals surface area contributed by atoms with Gasteiger partial charge in [-0.25, -0.2) is 0 Å². The van der Waals surface area contributed by atoms with Crippen LogP contribution in [0.15, 0.2) is 48.5 Å². The number of carbonyl (C=O) groups is 2. The largest absolute Gasteiger partial charge is 0.493 e. The Balaban J connectivity index is 1.46. The van der Waals surface area contributed by atoms with Crippen LogP contribution in [0, 0.1) is 0 Å². The first-order chi connectivity index (χ1) is 13.1. The van der Waals surface area contributed by atoms with E-state index in [0.29, 0.717) is 29.4 Å². The maximum absolute atomic E-state index is 12.4. The number of carbonyl (C=O) groups excluding carboxylic acids is 2. The summed E-state index contributed by atoms with van der Waals surface area (Å²) in [5.74, 6) is 0.482. The van der Waals surface area contributed by atoms with Gasteiger partial charge in [0, 0.05) is 30.3 Å². The summed E-state index contributed by atoms with van der Waals surface area (Å²) < 4.78 is 5.51. The minimum atomic E-state index is -0.287. The van der Waals surface area contributed by atoms with Crippen LogP contribution in [-0.2, 0) is 11.2 Å². The van der Waals surface area contributed by atoms with E-state index in [1.807, 2.05) is 18.2 Å². The predicted octanol–water partition coefficient (Wildman–Crippen LogP) is 3.22. The lowest BCUT2D eigenvalue weighted by Crippen LogP contribution is -2.12. The molecule has 0 saturated carbocycles. The number of benzene rings is 2. The number of hydrogen-bond acceptors (Lipinski definition) is 4. The predicted molar refractivity (Wildman–Crippen MR) is 102 cm³/mol. The smallest absolute Gasteiger partial charge is 0.273 e. The number of fused-ring (bicyclic) bond motifs is 1. The monoisotopic (exact) mass is 362 g/mol. The summed E-state index contributed by atoms with van der Waals surface area (Å²) in [5.41, 5.74) is 4.46. The average Bonchev–Trinajstić information content (AvgIpc) is 3.31. The van der Waals surface area contributed by atoms with Gasteiger partial charge in [0.1, 0.15) is 11.4 Å². The SMILES string of the molecule is CC(=O)Nc1ccc(NC(=O)c2cc(-c3ccc4c(c3)CCO4)n[nH]2)cc1. The standard InChI is InChI=1S/C20H18N4O3/c1-12(25)21-15-3-5-16(6-4-15)22-20(26)18-11-17(23-24-18)13-2-7-19-14(10-13)8-9-27-19/h2-7,10-11H,8-9H2,1H3,(H,21,25)(H,22,26)(H,23,24). The van der Waals surface area contributed by atoms with Crippen LogP contribution in [0.1, 0.15) is 23.0 Å². The Morgan fingerprint density at radius 3 is 2.52 bits per heavy atom. The maximum atomic E-state index is 12.4. The number of amides is 2. The van der Waals surface area contributed by atoms with E-state index in [2.05, 4.69) is 20.8 Å². The number of anilines is 2. The van der Waals surface area contributed by atoms with Gasteiger partial charge in [0.2, 0.25) is 5.91 Å². The van der Waals surface area contributed by atoms with Crippen LogP contribution < -0.4 is 15.4 Å². The zero-order valence-corrected chi connectivity index (χ0v) is 14.7. The summed E-state index contributed by atoms with van der Waals surface area (Å²) in [6.07, 6.45) is 0.884. The molecule has 1 aliphatic heterocycles. The third-order valence-corrected chi connectivity index (χ3v) is 4.27. The summed E-state index contributed by atoms with van der Waals surface area (Å²) in [6.45, 7) is 2.15. The first-order valence-electron chi connectivity index (χ1n) is 8.59. The number of hydrogen-bond donors (Lipinski definition) is 3. The van der Waals surface area contributed by atoms with Crippen LogP contribution in [0.2, 0.25) is 0 Å². The number of aromatic amines is 1. The van der Waals surface area contributed by atoms with Gasteiger partial charge >= 0.3 is 0 Å². The van der Waals surface area contributed by atoms with E-state index in [0.717, 1.165) is 23.3 Å². The van der Waals surface area contributed by atoms with Crippen molar-refractivity contribution in [3.8, 4) is 17.0 Å². The van der Waals surface area contributed by atoms with Crippen molar-refractivity contribution in [2.45, 2.75) is 13.3 Å². The van der Waals surface area contributed by atoms with Crippen molar-refractivity contribution in [3.63, 3.8) is 0 Å². The quantitative estimate of drug-likeness (QED) is 0.664.